The van der Waals surface area contributed by atoms with Crippen LogP contribution in [0, 0.1) is 11.8 Å². The molecule has 1 fully saturated rings. The fraction of sp³-hybridized carbons (Fsp3) is 0.909. The van der Waals surface area contributed by atoms with E-state index < -0.39 is 0 Å². The minimum atomic E-state index is 1.37. The molecule has 0 aromatic carbocycles. The van der Waals surface area contributed by atoms with Crippen LogP contribution in [-0.4, -0.2) is 19.6 Å². The second-order valence-corrected chi connectivity index (χ2v) is 3.77. The van der Waals surface area contributed by atoms with E-state index in [9.17, 15) is 0 Å². The Hall–Kier alpha value is -0.550. The van der Waals surface area contributed by atoms with Crippen LogP contribution in [-0.2, 0) is 0 Å². The van der Waals surface area contributed by atoms with E-state index in [0.717, 1.165) is 0 Å². The first kappa shape index (κ1) is 12.4. The van der Waals surface area contributed by atoms with Crippen molar-refractivity contribution in [2.45, 2.75) is 45.4 Å². The van der Waals surface area contributed by atoms with E-state index in [-0.39, 0.29) is 0 Å². The van der Waals surface area contributed by atoms with E-state index in [0.29, 0.717) is 0 Å². The molecule has 0 atom stereocenters. The smallest absolute Gasteiger partial charge is 0.0773 e. The number of nitrogens with one attached hydrogen (secondary N) is 1. The van der Waals surface area contributed by atoms with Gasteiger partial charge in [-0.3, -0.25) is 0 Å². The lowest BCUT2D eigenvalue weighted by atomic mass is 10.2. The normalized spacial score (nSPS) is 16.5. The fourth-order valence-corrected chi connectivity index (χ4v) is 1.93. The van der Waals surface area contributed by atoms with Crippen molar-refractivity contribution in [1.29, 1.82) is 5.26 Å². The fourth-order valence-electron chi connectivity index (χ4n) is 1.93. The Balaban J connectivity index is 0.000000671. The molecule has 0 bridgehead atoms. The lowest BCUT2D eigenvalue weighted by molar-refractivity contribution is -0.887. The monoisotopic (exact) mass is 182 g/mol. The minimum Gasteiger partial charge on any atom is -0.512 e. The summed E-state index contributed by atoms with van der Waals surface area (Å²) in [6.07, 6.45) is 8.68. The minimum absolute atomic E-state index is 1.37. The highest BCUT2D eigenvalue weighted by Gasteiger charge is 2.13. The van der Waals surface area contributed by atoms with Gasteiger partial charge in [0.2, 0.25) is 0 Å². The van der Waals surface area contributed by atoms with Gasteiger partial charge in [0.05, 0.1) is 19.6 Å². The Labute approximate surface area is 82.5 Å². The molecule has 1 aliphatic heterocycles. The Bertz CT molecular complexity index is 115. The van der Waals surface area contributed by atoms with Crippen molar-refractivity contribution in [2.24, 2.45) is 0 Å². The van der Waals surface area contributed by atoms with Crippen molar-refractivity contribution >= 4 is 0 Å². The summed E-state index contributed by atoms with van der Waals surface area (Å²) in [5.41, 5.74) is 0. The van der Waals surface area contributed by atoms with Gasteiger partial charge in [0.25, 0.3) is 0 Å². The Morgan fingerprint density at radius 2 is 1.69 bits per heavy atom. The molecule has 13 heavy (non-hydrogen) atoms. The third kappa shape index (κ3) is 6.60. The van der Waals surface area contributed by atoms with Crippen molar-refractivity contribution in [1.82, 2.24) is 0 Å². The molecule has 1 heterocycles. The van der Waals surface area contributed by atoms with Crippen LogP contribution < -0.4 is 4.90 Å². The average molecular weight is 182 g/mol. The standard InChI is InChI=1S/C10H21N.CN/c1-2-3-4-5-8-11-9-6-7-10-11;1-2/h2-10H2,1H3;/q;-1/p+1. The SMILES string of the molecule is CCCCCC[NH+]1CCCC1.[C-]#N. The van der Waals surface area contributed by atoms with Crippen LogP contribution in [0.4, 0.5) is 0 Å². The highest BCUT2D eigenvalue weighted by molar-refractivity contribution is 4.46. The molecule has 1 N–H and O–H groups in total. The third-order valence-electron chi connectivity index (χ3n) is 2.69. The molecule has 0 aromatic heterocycles. The molecule has 0 aromatic rings. The van der Waals surface area contributed by atoms with E-state index in [1.165, 1.54) is 58.2 Å². The van der Waals surface area contributed by atoms with E-state index >= 15 is 0 Å². The van der Waals surface area contributed by atoms with Gasteiger partial charge in [-0.1, -0.05) is 19.8 Å². The van der Waals surface area contributed by atoms with Crippen LogP contribution in [0.2, 0.25) is 0 Å². The Morgan fingerprint density at radius 1 is 1.08 bits per heavy atom. The van der Waals surface area contributed by atoms with Gasteiger partial charge in [-0.2, -0.15) is 0 Å². The maximum atomic E-state index is 6.25. The third-order valence-corrected chi connectivity index (χ3v) is 2.69. The molecule has 0 unspecified atom stereocenters. The molecule has 2 nitrogen and oxygen atoms in total. The molecule has 1 saturated heterocycles. The van der Waals surface area contributed by atoms with Crippen molar-refractivity contribution in [3.05, 3.63) is 6.57 Å². The summed E-state index contributed by atoms with van der Waals surface area (Å²) in [5, 5.41) is 6.25. The number of nitrogens with zero attached hydrogens (tertiary/aromatic N) is 1. The lowest BCUT2D eigenvalue weighted by Gasteiger charge is -2.10. The first-order chi connectivity index (χ1) is 6.43. The first-order valence-electron chi connectivity index (χ1n) is 5.49. The van der Waals surface area contributed by atoms with Gasteiger partial charge < -0.3 is 16.7 Å². The maximum absolute atomic E-state index is 6.25. The molecular formula is C11H22N2. The van der Waals surface area contributed by atoms with Crippen LogP contribution in [0.3, 0.4) is 0 Å². The summed E-state index contributed by atoms with van der Waals surface area (Å²) >= 11 is 0. The zero-order chi connectivity index (χ0) is 9.94. The lowest BCUT2D eigenvalue weighted by Crippen LogP contribution is -3.09. The molecule has 0 amide bonds. The summed E-state index contributed by atoms with van der Waals surface area (Å²) in [7, 11) is 0. The zero-order valence-electron chi connectivity index (χ0n) is 8.81. The topological polar surface area (TPSA) is 28.2 Å². The predicted molar refractivity (Wildman–Crippen MR) is 53.9 cm³/mol. The van der Waals surface area contributed by atoms with Crippen molar-refractivity contribution in [3.63, 3.8) is 0 Å². The Morgan fingerprint density at radius 3 is 2.23 bits per heavy atom. The average Bonchev–Trinajstić information content (AvgIpc) is 2.68. The zero-order valence-corrected chi connectivity index (χ0v) is 8.81. The van der Waals surface area contributed by atoms with Gasteiger partial charge in [0.15, 0.2) is 0 Å². The maximum Gasteiger partial charge on any atom is 0.0773 e. The molecular weight excluding hydrogens is 160 g/mol. The van der Waals surface area contributed by atoms with Gasteiger partial charge in [0.1, 0.15) is 0 Å². The number of hydrogen-bond acceptors (Lipinski definition) is 1. The van der Waals surface area contributed by atoms with Gasteiger partial charge in [-0.25, -0.2) is 0 Å². The first-order valence-corrected chi connectivity index (χ1v) is 5.49. The van der Waals surface area contributed by atoms with Crippen LogP contribution in [0.25, 0.3) is 0 Å². The summed E-state index contributed by atoms with van der Waals surface area (Å²) < 4.78 is 0. The number of quaternary nitrogens is 1. The summed E-state index contributed by atoms with van der Waals surface area (Å²) in [6, 6.07) is 0. The summed E-state index contributed by atoms with van der Waals surface area (Å²) in [4.78, 5) is 1.86. The van der Waals surface area contributed by atoms with Crippen molar-refractivity contribution in [3.8, 4) is 0 Å². The number of rotatable bonds is 5. The highest BCUT2D eigenvalue weighted by Crippen LogP contribution is 1.97. The molecule has 1 aliphatic rings. The molecule has 0 spiro atoms. The second-order valence-electron chi connectivity index (χ2n) is 3.77. The van der Waals surface area contributed by atoms with Crippen molar-refractivity contribution in [2.75, 3.05) is 19.6 Å². The van der Waals surface area contributed by atoms with Gasteiger partial charge in [-0.05, 0) is 12.8 Å². The van der Waals surface area contributed by atoms with E-state index in [1.807, 2.05) is 4.90 Å². The van der Waals surface area contributed by atoms with Crippen molar-refractivity contribution < 1.29 is 4.90 Å². The predicted octanol–water partition coefficient (Wildman–Crippen LogP) is 1.34. The molecule has 76 valence electrons. The van der Waals surface area contributed by atoms with Crippen LogP contribution >= 0.6 is 0 Å². The van der Waals surface area contributed by atoms with E-state index in [2.05, 4.69) is 6.92 Å². The van der Waals surface area contributed by atoms with E-state index in [4.69, 9.17) is 11.8 Å². The van der Waals surface area contributed by atoms with Gasteiger partial charge in [-0.15, -0.1) is 0 Å². The van der Waals surface area contributed by atoms with Gasteiger partial charge in [0, 0.05) is 12.8 Å². The van der Waals surface area contributed by atoms with E-state index in [1.54, 1.807) is 0 Å². The largest absolute Gasteiger partial charge is 0.512 e. The second kappa shape index (κ2) is 9.54. The summed E-state index contributed by atoms with van der Waals surface area (Å²) in [6.45, 7) is 11.4. The molecule has 1 rings (SSSR count). The molecule has 2 heteroatoms. The van der Waals surface area contributed by atoms with Crippen LogP contribution in [0.1, 0.15) is 45.4 Å². The molecule has 0 radical (unpaired) electrons. The Kier molecular flexibility index (Phi) is 9.13. The molecule has 0 saturated carbocycles. The van der Waals surface area contributed by atoms with Gasteiger partial charge >= 0.3 is 0 Å². The number of likely N-dealkylation sites (tertiary alicyclic amines) is 1. The quantitative estimate of drug-likeness (QED) is 0.504. The van der Waals surface area contributed by atoms with Crippen LogP contribution in [0.5, 0.6) is 0 Å². The number of hydrogen-bond donors (Lipinski definition) is 1. The van der Waals surface area contributed by atoms with Crippen LogP contribution in [0.15, 0.2) is 0 Å². The molecule has 0 aliphatic carbocycles. The summed E-state index contributed by atoms with van der Waals surface area (Å²) in [5.74, 6) is 0. The highest BCUT2D eigenvalue weighted by atomic mass is 15.1. The number of unbranched alkanes of at least 4 members (excludes halogenated alkanes) is 3.